The van der Waals surface area contributed by atoms with E-state index in [2.05, 4.69) is 10.6 Å². The zero-order valence-corrected chi connectivity index (χ0v) is 7.59. The molecule has 1 heterocycles. The van der Waals surface area contributed by atoms with Crippen LogP contribution in [0.5, 0.6) is 0 Å². The van der Waals surface area contributed by atoms with Crippen LogP contribution < -0.4 is 10.6 Å². The summed E-state index contributed by atoms with van der Waals surface area (Å²) < 4.78 is 5.39. The van der Waals surface area contributed by atoms with Gasteiger partial charge in [-0.2, -0.15) is 0 Å². The molecule has 1 rings (SSSR count). The zero-order chi connectivity index (χ0) is 8.97. The summed E-state index contributed by atoms with van der Waals surface area (Å²) >= 11 is 0. The second-order valence-corrected chi connectivity index (χ2v) is 2.89. The molecule has 2 N–H and O–H groups in total. The largest absolute Gasteiger partial charge is 0.377 e. The van der Waals surface area contributed by atoms with E-state index in [-0.39, 0.29) is 18.1 Å². The van der Waals surface area contributed by atoms with Crippen molar-refractivity contribution in [2.75, 3.05) is 20.2 Å². The minimum absolute atomic E-state index is 0.0530. The lowest BCUT2D eigenvalue weighted by atomic mass is 10.2. The van der Waals surface area contributed by atoms with Gasteiger partial charge in [-0.1, -0.05) is 0 Å². The average molecular weight is 172 g/mol. The number of likely N-dealkylation sites (N-methyl/N-ethyl adjacent to an activating group) is 1. The summed E-state index contributed by atoms with van der Waals surface area (Å²) in [6.07, 6.45) is 0.991. The Kier molecular flexibility index (Phi) is 3.49. The van der Waals surface area contributed by atoms with Gasteiger partial charge in [-0.3, -0.25) is 4.79 Å². The molecule has 0 spiro atoms. The SMILES string of the molecule is CCOC1CNC(C(=O)NC)C1. The van der Waals surface area contributed by atoms with Crippen molar-refractivity contribution < 1.29 is 9.53 Å². The number of carbonyl (C=O) groups is 1. The topological polar surface area (TPSA) is 50.4 Å². The Labute approximate surface area is 72.7 Å². The lowest BCUT2D eigenvalue weighted by molar-refractivity contribution is -0.122. The van der Waals surface area contributed by atoms with Crippen LogP contribution in [0.3, 0.4) is 0 Å². The van der Waals surface area contributed by atoms with Gasteiger partial charge in [0.05, 0.1) is 12.1 Å². The molecule has 2 atom stereocenters. The molecule has 1 aliphatic rings. The molecule has 1 saturated heterocycles. The first-order valence-corrected chi connectivity index (χ1v) is 4.34. The Morgan fingerprint density at radius 3 is 3.08 bits per heavy atom. The minimum atomic E-state index is -0.0634. The molecule has 0 aromatic carbocycles. The fourth-order valence-corrected chi connectivity index (χ4v) is 1.44. The van der Waals surface area contributed by atoms with Crippen molar-refractivity contribution in [2.24, 2.45) is 0 Å². The lowest BCUT2D eigenvalue weighted by Gasteiger charge is -2.08. The van der Waals surface area contributed by atoms with E-state index in [1.807, 2.05) is 6.92 Å². The Balaban J connectivity index is 2.30. The predicted molar refractivity (Wildman–Crippen MR) is 45.9 cm³/mol. The van der Waals surface area contributed by atoms with Crippen LogP contribution in [-0.2, 0) is 9.53 Å². The summed E-state index contributed by atoms with van der Waals surface area (Å²) in [5, 5.41) is 5.72. The van der Waals surface area contributed by atoms with Crippen molar-refractivity contribution in [1.82, 2.24) is 10.6 Å². The number of hydrogen-bond donors (Lipinski definition) is 2. The number of hydrogen-bond acceptors (Lipinski definition) is 3. The molecular formula is C8H16N2O2. The Bertz CT molecular complexity index is 161. The zero-order valence-electron chi connectivity index (χ0n) is 7.59. The molecule has 0 saturated carbocycles. The number of amides is 1. The maximum atomic E-state index is 11.1. The molecule has 1 fully saturated rings. The summed E-state index contributed by atoms with van der Waals surface area (Å²) in [7, 11) is 1.65. The van der Waals surface area contributed by atoms with Gasteiger partial charge in [0, 0.05) is 20.2 Å². The van der Waals surface area contributed by atoms with Crippen molar-refractivity contribution in [2.45, 2.75) is 25.5 Å². The van der Waals surface area contributed by atoms with Crippen LogP contribution in [0, 0.1) is 0 Å². The van der Waals surface area contributed by atoms with Crippen LogP contribution in [0.1, 0.15) is 13.3 Å². The van der Waals surface area contributed by atoms with Gasteiger partial charge in [-0.15, -0.1) is 0 Å². The molecule has 0 aromatic heterocycles. The lowest BCUT2D eigenvalue weighted by Crippen LogP contribution is -2.38. The van der Waals surface area contributed by atoms with Crippen LogP contribution in [0.2, 0.25) is 0 Å². The molecular weight excluding hydrogens is 156 g/mol. The molecule has 0 bridgehead atoms. The van der Waals surface area contributed by atoms with E-state index in [4.69, 9.17) is 4.74 Å². The molecule has 70 valence electrons. The third-order valence-electron chi connectivity index (χ3n) is 2.06. The van der Waals surface area contributed by atoms with E-state index in [0.717, 1.165) is 13.0 Å². The van der Waals surface area contributed by atoms with Crippen molar-refractivity contribution >= 4 is 5.91 Å². The third kappa shape index (κ3) is 2.19. The maximum Gasteiger partial charge on any atom is 0.236 e. The molecule has 1 amide bonds. The second kappa shape index (κ2) is 4.42. The molecule has 4 nitrogen and oxygen atoms in total. The quantitative estimate of drug-likeness (QED) is 0.603. The van der Waals surface area contributed by atoms with E-state index in [1.54, 1.807) is 7.05 Å². The number of nitrogens with one attached hydrogen (secondary N) is 2. The van der Waals surface area contributed by atoms with Crippen molar-refractivity contribution in [1.29, 1.82) is 0 Å². The van der Waals surface area contributed by atoms with Crippen LogP contribution in [0.25, 0.3) is 0 Å². The monoisotopic (exact) mass is 172 g/mol. The predicted octanol–water partition coefficient (Wildman–Crippen LogP) is -0.501. The first kappa shape index (κ1) is 9.48. The smallest absolute Gasteiger partial charge is 0.236 e. The first-order chi connectivity index (χ1) is 5.77. The van der Waals surface area contributed by atoms with E-state index in [0.29, 0.717) is 6.61 Å². The second-order valence-electron chi connectivity index (χ2n) is 2.89. The number of ether oxygens (including phenoxy) is 1. The number of carbonyl (C=O) groups excluding carboxylic acids is 1. The van der Waals surface area contributed by atoms with Gasteiger partial charge in [0.2, 0.25) is 5.91 Å². The molecule has 2 unspecified atom stereocenters. The molecule has 0 radical (unpaired) electrons. The van der Waals surface area contributed by atoms with Crippen LogP contribution in [0.15, 0.2) is 0 Å². The minimum Gasteiger partial charge on any atom is -0.377 e. The molecule has 12 heavy (non-hydrogen) atoms. The summed E-state index contributed by atoms with van der Waals surface area (Å²) in [6.45, 7) is 3.46. The highest BCUT2D eigenvalue weighted by molar-refractivity contribution is 5.81. The van der Waals surface area contributed by atoms with E-state index < -0.39 is 0 Å². The molecule has 4 heteroatoms. The van der Waals surface area contributed by atoms with Gasteiger partial charge in [0.25, 0.3) is 0 Å². The Morgan fingerprint density at radius 2 is 2.50 bits per heavy atom. The van der Waals surface area contributed by atoms with Gasteiger partial charge >= 0.3 is 0 Å². The fourth-order valence-electron chi connectivity index (χ4n) is 1.44. The van der Waals surface area contributed by atoms with E-state index in [1.165, 1.54) is 0 Å². The van der Waals surface area contributed by atoms with Crippen LogP contribution >= 0.6 is 0 Å². The summed E-state index contributed by atoms with van der Waals surface area (Å²) in [4.78, 5) is 11.1. The first-order valence-electron chi connectivity index (χ1n) is 4.34. The van der Waals surface area contributed by atoms with Gasteiger partial charge in [-0.05, 0) is 13.3 Å². The van der Waals surface area contributed by atoms with Gasteiger partial charge < -0.3 is 15.4 Å². The van der Waals surface area contributed by atoms with Crippen LogP contribution in [0.4, 0.5) is 0 Å². The van der Waals surface area contributed by atoms with E-state index in [9.17, 15) is 4.79 Å². The standard InChI is InChI=1S/C8H16N2O2/c1-3-12-6-4-7(10-5-6)8(11)9-2/h6-7,10H,3-5H2,1-2H3,(H,9,11). The molecule has 0 aliphatic carbocycles. The fraction of sp³-hybridized carbons (Fsp3) is 0.875. The highest BCUT2D eigenvalue weighted by Crippen LogP contribution is 2.09. The Hall–Kier alpha value is -0.610. The molecule has 1 aliphatic heterocycles. The third-order valence-corrected chi connectivity index (χ3v) is 2.06. The summed E-state index contributed by atoms with van der Waals surface area (Å²) in [5.41, 5.74) is 0. The van der Waals surface area contributed by atoms with Crippen molar-refractivity contribution in [3.05, 3.63) is 0 Å². The van der Waals surface area contributed by atoms with Crippen LogP contribution in [-0.4, -0.2) is 38.3 Å². The van der Waals surface area contributed by atoms with Gasteiger partial charge in [0.15, 0.2) is 0 Å². The normalized spacial score (nSPS) is 28.8. The average Bonchev–Trinajstić information content (AvgIpc) is 2.52. The summed E-state index contributed by atoms with van der Waals surface area (Å²) in [6, 6.07) is -0.0634. The summed E-state index contributed by atoms with van der Waals surface area (Å²) in [5.74, 6) is 0.0530. The molecule has 0 aromatic rings. The van der Waals surface area contributed by atoms with E-state index >= 15 is 0 Å². The van der Waals surface area contributed by atoms with Crippen molar-refractivity contribution in [3.63, 3.8) is 0 Å². The van der Waals surface area contributed by atoms with Crippen molar-refractivity contribution in [3.8, 4) is 0 Å². The maximum absolute atomic E-state index is 11.1. The number of rotatable bonds is 3. The van der Waals surface area contributed by atoms with Gasteiger partial charge in [0.1, 0.15) is 0 Å². The Morgan fingerprint density at radius 1 is 1.75 bits per heavy atom. The van der Waals surface area contributed by atoms with Gasteiger partial charge in [-0.25, -0.2) is 0 Å². The highest BCUT2D eigenvalue weighted by atomic mass is 16.5. The highest BCUT2D eigenvalue weighted by Gasteiger charge is 2.28.